The number of carbonyl (C=O) groups excluding carboxylic acids is 1. The van der Waals surface area contributed by atoms with Crippen molar-refractivity contribution in [3.63, 3.8) is 0 Å². The van der Waals surface area contributed by atoms with Gasteiger partial charge in [-0.15, -0.1) is 0 Å². The Labute approximate surface area is 181 Å². The van der Waals surface area contributed by atoms with Crippen molar-refractivity contribution in [2.24, 2.45) is 13.0 Å². The Hall–Kier alpha value is -2.91. The lowest BCUT2D eigenvalue weighted by Crippen LogP contribution is -2.59. The van der Waals surface area contributed by atoms with E-state index in [9.17, 15) is 13.2 Å². The number of aryl methyl sites for hydroxylation is 1. The molecule has 0 saturated carbocycles. The number of amides is 1. The van der Waals surface area contributed by atoms with E-state index in [2.05, 4.69) is 9.88 Å². The van der Waals surface area contributed by atoms with Crippen LogP contribution in [0.5, 0.6) is 0 Å². The standard InChI is InChI=1S/C22H25N5O3S/c1-24-9-6-17-14-20(2-3-21(17)24)31(29,30)27-15-18(16-27)22(28)26-12-10-25(11-13-26)19-4-7-23-8-5-19/h2-9,14,18H,10-13,15-16H2,1H3. The molecule has 3 aromatic rings. The zero-order chi connectivity index (χ0) is 21.6. The molecule has 1 amide bonds. The third-order valence-electron chi connectivity index (χ3n) is 6.31. The van der Waals surface area contributed by atoms with E-state index in [4.69, 9.17) is 0 Å². The van der Waals surface area contributed by atoms with E-state index in [0.29, 0.717) is 13.1 Å². The summed E-state index contributed by atoms with van der Waals surface area (Å²) in [5.41, 5.74) is 2.10. The summed E-state index contributed by atoms with van der Waals surface area (Å²) in [7, 11) is -1.66. The quantitative estimate of drug-likeness (QED) is 0.616. The number of nitrogens with zero attached hydrogens (tertiary/aromatic N) is 5. The van der Waals surface area contributed by atoms with Crippen LogP contribution in [0.25, 0.3) is 10.9 Å². The summed E-state index contributed by atoms with van der Waals surface area (Å²) in [6.07, 6.45) is 5.45. The first-order chi connectivity index (χ1) is 14.9. The van der Waals surface area contributed by atoms with Gasteiger partial charge in [0.1, 0.15) is 0 Å². The molecule has 0 atom stereocenters. The number of rotatable bonds is 4. The third-order valence-corrected chi connectivity index (χ3v) is 8.14. The Morgan fingerprint density at radius 2 is 1.71 bits per heavy atom. The highest BCUT2D eigenvalue weighted by atomic mass is 32.2. The fourth-order valence-electron chi connectivity index (χ4n) is 4.36. The van der Waals surface area contributed by atoms with E-state index >= 15 is 0 Å². The topological polar surface area (TPSA) is 78.8 Å². The summed E-state index contributed by atoms with van der Waals surface area (Å²) in [6, 6.07) is 11.0. The number of pyridine rings is 1. The lowest BCUT2D eigenvalue weighted by atomic mass is 10.0. The summed E-state index contributed by atoms with van der Waals surface area (Å²) < 4.78 is 29.3. The number of hydrogen-bond acceptors (Lipinski definition) is 5. The minimum absolute atomic E-state index is 0.0549. The molecular formula is C22H25N5O3S. The number of carbonyl (C=O) groups is 1. The van der Waals surface area contributed by atoms with Gasteiger partial charge in [0, 0.05) is 81.5 Å². The number of hydrogen-bond donors (Lipinski definition) is 0. The van der Waals surface area contributed by atoms with Gasteiger partial charge in [0.2, 0.25) is 15.9 Å². The second kappa shape index (κ2) is 7.65. The largest absolute Gasteiger partial charge is 0.368 e. The van der Waals surface area contributed by atoms with E-state index in [0.717, 1.165) is 29.7 Å². The molecular weight excluding hydrogens is 414 g/mol. The van der Waals surface area contributed by atoms with E-state index in [1.54, 1.807) is 24.5 Å². The molecule has 0 aliphatic carbocycles. The second-order valence-electron chi connectivity index (χ2n) is 8.18. The van der Waals surface area contributed by atoms with Gasteiger partial charge in [-0.2, -0.15) is 4.31 Å². The lowest BCUT2D eigenvalue weighted by Gasteiger charge is -2.42. The lowest BCUT2D eigenvalue weighted by molar-refractivity contribution is -0.139. The van der Waals surface area contributed by atoms with Crippen LogP contribution >= 0.6 is 0 Å². The first-order valence-electron chi connectivity index (χ1n) is 10.4. The molecule has 0 unspecified atom stereocenters. The van der Waals surface area contributed by atoms with Crippen molar-refractivity contribution in [3.05, 3.63) is 55.0 Å². The maximum Gasteiger partial charge on any atom is 0.243 e. The van der Waals surface area contributed by atoms with Crippen LogP contribution in [0.4, 0.5) is 5.69 Å². The SMILES string of the molecule is Cn1ccc2cc(S(=O)(=O)N3CC(C(=O)N4CCN(c5ccncc5)CC4)C3)ccc21. The second-order valence-corrected chi connectivity index (χ2v) is 10.1. The minimum Gasteiger partial charge on any atom is -0.368 e. The van der Waals surface area contributed by atoms with Gasteiger partial charge < -0.3 is 14.4 Å². The Kier molecular flexibility index (Phi) is 4.94. The summed E-state index contributed by atoms with van der Waals surface area (Å²) in [5.74, 6) is -0.206. The maximum absolute atomic E-state index is 13.0. The van der Waals surface area contributed by atoms with Crippen LogP contribution in [0.3, 0.4) is 0 Å². The molecule has 162 valence electrons. The van der Waals surface area contributed by atoms with E-state index < -0.39 is 10.0 Å². The Morgan fingerprint density at radius 1 is 1.00 bits per heavy atom. The van der Waals surface area contributed by atoms with E-state index in [1.807, 2.05) is 47.0 Å². The molecule has 0 N–H and O–H groups in total. The Balaban J connectivity index is 1.19. The normalized spacial score (nSPS) is 18.4. The highest BCUT2D eigenvalue weighted by molar-refractivity contribution is 7.89. The number of fused-ring (bicyclic) bond motifs is 1. The molecule has 5 rings (SSSR count). The van der Waals surface area contributed by atoms with Crippen molar-refractivity contribution in [2.75, 3.05) is 44.2 Å². The number of aromatic nitrogens is 2. The van der Waals surface area contributed by atoms with Crippen LogP contribution in [0.1, 0.15) is 0 Å². The van der Waals surface area contributed by atoms with Crippen LogP contribution in [-0.2, 0) is 21.9 Å². The Morgan fingerprint density at radius 3 is 2.42 bits per heavy atom. The number of anilines is 1. The van der Waals surface area contributed by atoms with Gasteiger partial charge in [-0.1, -0.05) is 0 Å². The van der Waals surface area contributed by atoms with Crippen molar-refractivity contribution in [1.82, 2.24) is 18.8 Å². The van der Waals surface area contributed by atoms with Crippen LogP contribution in [0, 0.1) is 5.92 Å². The third kappa shape index (κ3) is 3.57. The summed E-state index contributed by atoms with van der Waals surface area (Å²) in [6.45, 7) is 3.32. The molecule has 2 aromatic heterocycles. The zero-order valence-corrected chi connectivity index (χ0v) is 18.2. The predicted octanol–water partition coefficient (Wildman–Crippen LogP) is 1.54. The Bertz CT molecular complexity index is 1210. The summed E-state index contributed by atoms with van der Waals surface area (Å²) >= 11 is 0. The summed E-state index contributed by atoms with van der Waals surface area (Å²) in [4.78, 5) is 21.3. The van der Waals surface area contributed by atoms with Gasteiger partial charge in [-0.25, -0.2) is 8.42 Å². The highest BCUT2D eigenvalue weighted by Gasteiger charge is 2.42. The fraction of sp³-hybridized carbons (Fsp3) is 0.364. The van der Waals surface area contributed by atoms with Crippen molar-refractivity contribution in [1.29, 1.82) is 0 Å². The van der Waals surface area contributed by atoms with Gasteiger partial charge >= 0.3 is 0 Å². The smallest absolute Gasteiger partial charge is 0.243 e. The van der Waals surface area contributed by atoms with Gasteiger partial charge in [0.15, 0.2) is 0 Å². The van der Waals surface area contributed by atoms with Crippen LogP contribution < -0.4 is 4.90 Å². The monoisotopic (exact) mass is 439 g/mol. The van der Waals surface area contributed by atoms with Crippen molar-refractivity contribution >= 4 is 32.5 Å². The molecule has 9 heteroatoms. The molecule has 2 aliphatic rings. The predicted molar refractivity (Wildman–Crippen MR) is 118 cm³/mol. The maximum atomic E-state index is 13.0. The first kappa shape index (κ1) is 20.0. The summed E-state index contributed by atoms with van der Waals surface area (Å²) in [5, 5.41) is 0.892. The van der Waals surface area contributed by atoms with Gasteiger partial charge in [-0.3, -0.25) is 9.78 Å². The van der Waals surface area contributed by atoms with Crippen LogP contribution in [-0.4, -0.2) is 72.3 Å². The average Bonchev–Trinajstić information content (AvgIpc) is 3.13. The molecule has 8 nitrogen and oxygen atoms in total. The molecule has 4 heterocycles. The van der Waals surface area contributed by atoms with Gasteiger partial charge in [0.05, 0.1) is 10.8 Å². The highest BCUT2D eigenvalue weighted by Crippen LogP contribution is 2.29. The van der Waals surface area contributed by atoms with Gasteiger partial charge in [0.25, 0.3) is 0 Å². The average molecular weight is 440 g/mol. The molecule has 2 fully saturated rings. The number of sulfonamides is 1. The molecule has 0 spiro atoms. The zero-order valence-electron chi connectivity index (χ0n) is 17.4. The fourth-order valence-corrected chi connectivity index (χ4v) is 5.92. The number of benzene rings is 1. The molecule has 0 radical (unpaired) electrons. The molecule has 31 heavy (non-hydrogen) atoms. The first-order valence-corrected chi connectivity index (χ1v) is 11.9. The van der Waals surface area contributed by atoms with Crippen LogP contribution in [0.15, 0.2) is 59.9 Å². The molecule has 2 saturated heterocycles. The molecule has 2 aliphatic heterocycles. The van der Waals surface area contributed by atoms with Gasteiger partial charge in [-0.05, 0) is 36.4 Å². The van der Waals surface area contributed by atoms with Crippen molar-refractivity contribution in [3.8, 4) is 0 Å². The van der Waals surface area contributed by atoms with Crippen LogP contribution in [0.2, 0.25) is 0 Å². The molecule has 1 aromatic carbocycles. The van der Waals surface area contributed by atoms with Crippen molar-refractivity contribution < 1.29 is 13.2 Å². The minimum atomic E-state index is -3.59. The van der Waals surface area contributed by atoms with E-state index in [-0.39, 0.29) is 29.8 Å². The number of piperazine rings is 1. The van der Waals surface area contributed by atoms with Crippen molar-refractivity contribution in [2.45, 2.75) is 4.90 Å². The van der Waals surface area contributed by atoms with E-state index in [1.165, 1.54) is 4.31 Å². The molecule has 0 bridgehead atoms.